The highest BCUT2D eigenvalue weighted by Crippen LogP contribution is 2.27. The Labute approximate surface area is 127 Å². The number of hydrogen-bond donors (Lipinski definition) is 2. The lowest BCUT2D eigenvalue weighted by Crippen LogP contribution is -2.23. The molecule has 2 aromatic carbocycles. The topological polar surface area (TPSA) is 58.6 Å². The maximum absolute atomic E-state index is 8.94. The molecule has 2 rings (SSSR count). The molecule has 0 heterocycles. The van der Waals surface area contributed by atoms with E-state index < -0.39 is 0 Å². The number of oxime groups is 1. The van der Waals surface area contributed by atoms with Crippen LogP contribution < -0.4 is 5.73 Å². The minimum atomic E-state index is -0.123. The minimum Gasteiger partial charge on any atom is -0.409 e. The largest absolute Gasteiger partial charge is 0.409 e. The standard InChI is InChI=1S/C15H15ClN2OS/c16-12-6-8-13(9-7-12)20-10-14(15(17)18-19)11-4-2-1-3-5-11/h1-9,14,19H,10H2,(H2,17,18). The number of nitrogens with zero attached hydrogens (tertiary/aromatic N) is 1. The van der Waals surface area contributed by atoms with Gasteiger partial charge in [-0.25, -0.2) is 0 Å². The Kier molecular flexibility index (Phi) is 5.32. The van der Waals surface area contributed by atoms with Gasteiger partial charge in [0.05, 0.1) is 5.92 Å². The van der Waals surface area contributed by atoms with Crippen LogP contribution >= 0.6 is 23.4 Å². The quantitative estimate of drug-likeness (QED) is 0.289. The highest BCUT2D eigenvalue weighted by atomic mass is 35.5. The van der Waals surface area contributed by atoms with E-state index in [1.54, 1.807) is 11.8 Å². The molecule has 0 aliphatic heterocycles. The van der Waals surface area contributed by atoms with Gasteiger partial charge < -0.3 is 10.9 Å². The summed E-state index contributed by atoms with van der Waals surface area (Å²) in [5.74, 6) is 0.793. The summed E-state index contributed by atoms with van der Waals surface area (Å²) in [5, 5.41) is 12.8. The molecule has 5 heteroatoms. The first kappa shape index (κ1) is 14.8. The summed E-state index contributed by atoms with van der Waals surface area (Å²) in [4.78, 5) is 1.10. The van der Waals surface area contributed by atoms with Crippen LogP contribution in [0.2, 0.25) is 5.02 Å². The number of halogens is 1. The molecule has 0 spiro atoms. The summed E-state index contributed by atoms with van der Waals surface area (Å²) in [6.07, 6.45) is 0. The van der Waals surface area contributed by atoms with Crippen LogP contribution in [0.15, 0.2) is 64.6 Å². The Morgan fingerprint density at radius 1 is 1.15 bits per heavy atom. The van der Waals surface area contributed by atoms with Crippen molar-refractivity contribution in [3.63, 3.8) is 0 Å². The molecule has 0 saturated carbocycles. The predicted molar refractivity (Wildman–Crippen MR) is 84.8 cm³/mol. The zero-order valence-corrected chi connectivity index (χ0v) is 12.3. The Morgan fingerprint density at radius 2 is 1.80 bits per heavy atom. The van der Waals surface area contributed by atoms with Crippen molar-refractivity contribution in [3.8, 4) is 0 Å². The molecular weight excluding hydrogens is 292 g/mol. The summed E-state index contributed by atoms with van der Waals surface area (Å²) < 4.78 is 0. The Hall–Kier alpha value is -1.65. The van der Waals surface area contributed by atoms with Gasteiger partial charge in [-0.05, 0) is 29.8 Å². The van der Waals surface area contributed by atoms with Crippen LogP contribution in [0.1, 0.15) is 11.5 Å². The van der Waals surface area contributed by atoms with Crippen LogP contribution in [0.25, 0.3) is 0 Å². The van der Waals surface area contributed by atoms with Crippen molar-refractivity contribution in [2.24, 2.45) is 10.9 Å². The van der Waals surface area contributed by atoms with Gasteiger partial charge in [0.1, 0.15) is 5.84 Å². The molecule has 1 unspecified atom stereocenters. The smallest absolute Gasteiger partial charge is 0.147 e. The monoisotopic (exact) mass is 306 g/mol. The van der Waals surface area contributed by atoms with Crippen LogP contribution in [0.5, 0.6) is 0 Å². The van der Waals surface area contributed by atoms with Gasteiger partial charge >= 0.3 is 0 Å². The second-order valence-corrected chi connectivity index (χ2v) is 5.78. The normalized spacial score (nSPS) is 13.2. The molecule has 0 aliphatic rings. The second kappa shape index (κ2) is 7.22. The van der Waals surface area contributed by atoms with Gasteiger partial charge in [-0.15, -0.1) is 11.8 Å². The lowest BCUT2D eigenvalue weighted by Gasteiger charge is -2.15. The van der Waals surface area contributed by atoms with Crippen molar-refractivity contribution in [2.75, 3.05) is 5.75 Å². The molecule has 3 N–H and O–H groups in total. The highest BCUT2D eigenvalue weighted by molar-refractivity contribution is 7.99. The Bertz CT molecular complexity index is 572. The molecule has 2 aromatic rings. The van der Waals surface area contributed by atoms with E-state index in [1.807, 2.05) is 54.6 Å². The summed E-state index contributed by atoms with van der Waals surface area (Å²) >= 11 is 7.51. The number of rotatable bonds is 5. The van der Waals surface area contributed by atoms with Crippen LogP contribution in [0.3, 0.4) is 0 Å². The van der Waals surface area contributed by atoms with E-state index >= 15 is 0 Å². The van der Waals surface area contributed by atoms with Gasteiger partial charge in [-0.3, -0.25) is 0 Å². The molecular formula is C15H15ClN2OS. The third-order valence-electron chi connectivity index (χ3n) is 2.90. The van der Waals surface area contributed by atoms with Crippen molar-refractivity contribution in [2.45, 2.75) is 10.8 Å². The van der Waals surface area contributed by atoms with E-state index in [-0.39, 0.29) is 11.8 Å². The fourth-order valence-corrected chi connectivity index (χ4v) is 2.99. The van der Waals surface area contributed by atoms with Crippen molar-refractivity contribution in [1.29, 1.82) is 0 Å². The first-order valence-corrected chi connectivity index (χ1v) is 7.48. The van der Waals surface area contributed by atoms with Crippen molar-refractivity contribution >= 4 is 29.2 Å². The number of benzene rings is 2. The predicted octanol–water partition coefficient (Wildman–Crippen LogP) is 3.96. The number of amidine groups is 1. The Morgan fingerprint density at radius 3 is 2.40 bits per heavy atom. The number of hydrogen-bond acceptors (Lipinski definition) is 3. The van der Waals surface area contributed by atoms with Gasteiger partial charge in [0.2, 0.25) is 0 Å². The van der Waals surface area contributed by atoms with Crippen LogP contribution in [0, 0.1) is 0 Å². The maximum Gasteiger partial charge on any atom is 0.147 e. The van der Waals surface area contributed by atoms with E-state index in [1.165, 1.54) is 0 Å². The number of nitrogens with two attached hydrogens (primary N) is 1. The highest BCUT2D eigenvalue weighted by Gasteiger charge is 2.16. The molecule has 0 fully saturated rings. The van der Waals surface area contributed by atoms with Gasteiger partial charge in [0, 0.05) is 15.7 Å². The summed E-state index contributed by atoms with van der Waals surface area (Å²) in [5.41, 5.74) is 6.83. The number of thioether (sulfide) groups is 1. The fourth-order valence-electron chi connectivity index (χ4n) is 1.82. The van der Waals surface area contributed by atoms with E-state index in [0.29, 0.717) is 10.8 Å². The average Bonchev–Trinajstić information content (AvgIpc) is 2.50. The van der Waals surface area contributed by atoms with Gasteiger partial charge in [-0.1, -0.05) is 47.1 Å². The molecule has 3 nitrogen and oxygen atoms in total. The second-order valence-electron chi connectivity index (χ2n) is 4.25. The zero-order valence-electron chi connectivity index (χ0n) is 10.7. The fraction of sp³-hybridized carbons (Fsp3) is 0.133. The molecule has 20 heavy (non-hydrogen) atoms. The van der Waals surface area contributed by atoms with E-state index in [0.717, 1.165) is 10.5 Å². The van der Waals surface area contributed by atoms with Crippen LogP contribution in [0.4, 0.5) is 0 Å². The van der Waals surface area contributed by atoms with Gasteiger partial charge in [0.15, 0.2) is 0 Å². The molecule has 0 radical (unpaired) electrons. The van der Waals surface area contributed by atoms with Gasteiger partial charge in [-0.2, -0.15) is 0 Å². The molecule has 0 aromatic heterocycles. The Balaban J connectivity index is 2.11. The SMILES string of the molecule is NC(=NO)C(CSc1ccc(Cl)cc1)c1ccccc1. The van der Waals surface area contributed by atoms with Crippen molar-refractivity contribution in [3.05, 3.63) is 65.2 Å². The molecule has 0 bridgehead atoms. The molecule has 104 valence electrons. The van der Waals surface area contributed by atoms with Gasteiger partial charge in [0.25, 0.3) is 0 Å². The summed E-state index contributed by atoms with van der Waals surface area (Å²) in [7, 11) is 0. The zero-order chi connectivity index (χ0) is 14.4. The lowest BCUT2D eigenvalue weighted by molar-refractivity contribution is 0.316. The summed E-state index contributed by atoms with van der Waals surface area (Å²) in [6, 6.07) is 17.4. The van der Waals surface area contributed by atoms with Crippen molar-refractivity contribution in [1.82, 2.24) is 0 Å². The molecule has 1 atom stereocenters. The minimum absolute atomic E-state index is 0.123. The molecule has 0 amide bonds. The molecule has 0 saturated heterocycles. The third-order valence-corrected chi connectivity index (χ3v) is 4.26. The van der Waals surface area contributed by atoms with E-state index in [4.69, 9.17) is 22.5 Å². The van der Waals surface area contributed by atoms with Crippen molar-refractivity contribution < 1.29 is 5.21 Å². The maximum atomic E-state index is 8.94. The van der Waals surface area contributed by atoms with Crippen LogP contribution in [-0.4, -0.2) is 16.8 Å². The van der Waals surface area contributed by atoms with Crippen LogP contribution in [-0.2, 0) is 0 Å². The van der Waals surface area contributed by atoms with E-state index in [9.17, 15) is 0 Å². The molecule has 0 aliphatic carbocycles. The lowest BCUT2D eigenvalue weighted by atomic mass is 10.0. The summed E-state index contributed by atoms with van der Waals surface area (Å²) in [6.45, 7) is 0. The first-order chi connectivity index (χ1) is 9.70. The van der Waals surface area contributed by atoms with E-state index in [2.05, 4.69) is 5.16 Å². The first-order valence-electron chi connectivity index (χ1n) is 6.11. The average molecular weight is 307 g/mol. The third kappa shape index (κ3) is 3.92.